The molecule has 5 nitrogen and oxygen atoms in total. The maximum Gasteiger partial charge on any atom is 0.253 e. The molecule has 2 N–H and O–H groups in total. The molecule has 2 aliphatic heterocycles. The zero-order chi connectivity index (χ0) is 14.7. The summed E-state index contributed by atoms with van der Waals surface area (Å²) in [4.78, 5) is 14.1. The van der Waals surface area contributed by atoms with E-state index >= 15 is 0 Å². The molecule has 0 aliphatic carbocycles. The molecule has 2 saturated heterocycles. The molecular weight excluding hydrogens is 268 g/mol. The third kappa shape index (κ3) is 3.54. The number of nitrogens with zero attached hydrogens (tertiary/aromatic N) is 1. The Hall–Kier alpha value is -1.59. The van der Waals surface area contributed by atoms with E-state index in [1.165, 1.54) is 0 Å². The molecule has 0 spiro atoms. The number of nitrogens with two attached hydrogens (primary N) is 1. The van der Waals surface area contributed by atoms with Crippen molar-refractivity contribution in [2.45, 2.75) is 31.4 Å². The van der Waals surface area contributed by atoms with Crippen molar-refractivity contribution in [1.29, 1.82) is 0 Å². The molecule has 1 aromatic carbocycles. The molecule has 0 bridgehead atoms. The number of hydrogen-bond donors (Lipinski definition) is 1. The standard InChI is InChI=1S/C16H22N2O3/c17-13-7-8-18(10-13)16(19)12-3-5-14(6-4-12)21-11-15-2-1-9-20-15/h3-6,13,15H,1-2,7-11,17H2/t13-,15+/m1/s1. The van der Waals surface area contributed by atoms with E-state index in [2.05, 4.69) is 0 Å². The fourth-order valence-corrected chi connectivity index (χ4v) is 2.81. The summed E-state index contributed by atoms with van der Waals surface area (Å²) in [5.41, 5.74) is 6.53. The second kappa shape index (κ2) is 6.45. The lowest BCUT2D eigenvalue weighted by molar-refractivity contribution is 0.0679. The molecule has 0 radical (unpaired) electrons. The molecule has 0 saturated carbocycles. The number of carbonyl (C=O) groups excluding carboxylic acids is 1. The summed E-state index contributed by atoms with van der Waals surface area (Å²) in [6.45, 7) is 2.81. The molecule has 2 fully saturated rings. The summed E-state index contributed by atoms with van der Waals surface area (Å²) in [6, 6.07) is 7.44. The van der Waals surface area contributed by atoms with Gasteiger partial charge in [0.25, 0.3) is 5.91 Å². The summed E-state index contributed by atoms with van der Waals surface area (Å²) in [5.74, 6) is 0.828. The molecule has 0 aromatic heterocycles. The molecule has 21 heavy (non-hydrogen) atoms. The topological polar surface area (TPSA) is 64.8 Å². The van der Waals surface area contributed by atoms with Gasteiger partial charge in [0.05, 0.1) is 6.10 Å². The van der Waals surface area contributed by atoms with Crippen molar-refractivity contribution in [3.63, 3.8) is 0 Å². The van der Waals surface area contributed by atoms with E-state index in [1.807, 2.05) is 29.2 Å². The highest BCUT2D eigenvalue weighted by atomic mass is 16.5. The maximum atomic E-state index is 12.3. The van der Waals surface area contributed by atoms with Crippen LogP contribution in [-0.4, -0.2) is 49.3 Å². The highest BCUT2D eigenvalue weighted by Crippen LogP contribution is 2.18. The van der Waals surface area contributed by atoms with E-state index in [9.17, 15) is 4.79 Å². The Labute approximate surface area is 125 Å². The van der Waals surface area contributed by atoms with Crippen LogP contribution in [0.15, 0.2) is 24.3 Å². The molecule has 1 amide bonds. The lowest BCUT2D eigenvalue weighted by Crippen LogP contribution is -2.31. The van der Waals surface area contributed by atoms with Crippen molar-refractivity contribution >= 4 is 5.91 Å². The van der Waals surface area contributed by atoms with Crippen molar-refractivity contribution in [2.75, 3.05) is 26.3 Å². The first-order valence-electron chi connectivity index (χ1n) is 7.62. The van der Waals surface area contributed by atoms with Crippen molar-refractivity contribution in [1.82, 2.24) is 4.90 Å². The van der Waals surface area contributed by atoms with Crippen molar-refractivity contribution in [3.05, 3.63) is 29.8 Å². The van der Waals surface area contributed by atoms with E-state index in [1.54, 1.807) is 0 Å². The normalized spacial score (nSPS) is 25.3. The van der Waals surface area contributed by atoms with Gasteiger partial charge in [-0.2, -0.15) is 0 Å². The van der Waals surface area contributed by atoms with E-state index in [0.29, 0.717) is 18.7 Å². The third-order valence-electron chi connectivity index (χ3n) is 4.07. The maximum absolute atomic E-state index is 12.3. The summed E-state index contributed by atoms with van der Waals surface area (Å²) in [5, 5.41) is 0. The van der Waals surface area contributed by atoms with Crippen LogP contribution in [0.25, 0.3) is 0 Å². The molecule has 1 aromatic rings. The average molecular weight is 290 g/mol. The smallest absolute Gasteiger partial charge is 0.253 e. The summed E-state index contributed by atoms with van der Waals surface area (Å²) >= 11 is 0. The summed E-state index contributed by atoms with van der Waals surface area (Å²) in [6.07, 6.45) is 3.26. The van der Waals surface area contributed by atoms with Crippen molar-refractivity contribution in [3.8, 4) is 5.75 Å². The van der Waals surface area contributed by atoms with Crippen LogP contribution >= 0.6 is 0 Å². The van der Waals surface area contributed by atoms with Crippen LogP contribution in [0.3, 0.4) is 0 Å². The fourth-order valence-electron chi connectivity index (χ4n) is 2.81. The largest absolute Gasteiger partial charge is 0.491 e. The second-order valence-corrected chi connectivity index (χ2v) is 5.77. The summed E-state index contributed by atoms with van der Waals surface area (Å²) < 4.78 is 11.2. The zero-order valence-corrected chi connectivity index (χ0v) is 12.2. The number of benzene rings is 1. The first kappa shape index (κ1) is 14.4. The van der Waals surface area contributed by atoms with Crippen LogP contribution in [0, 0.1) is 0 Å². The van der Waals surface area contributed by atoms with Gasteiger partial charge in [0, 0.05) is 31.3 Å². The quantitative estimate of drug-likeness (QED) is 0.911. The number of rotatable bonds is 4. The van der Waals surface area contributed by atoms with Gasteiger partial charge in [-0.15, -0.1) is 0 Å². The van der Waals surface area contributed by atoms with Crippen LogP contribution in [-0.2, 0) is 4.74 Å². The fraction of sp³-hybridized carbons (Fsp3) is 0.562. The van der Waals surface area contributed by atoms with E-state index < -0.39 is 0 Å². The molecule has 2 heterocycles. The SMILES string of the molecule is N[C@@H]1CCN(C(=O)c2ccc(OC[C@@H]3CCCO3)cc2)C1. The van der Waals surface area contributed by atoms with E-state index in [4.69, 9.17) is 15.2 Å². The van der Waals surface area contributed by atoms with Gasteiger partial charge in [-0.1, -0.05) is 0 Å². The van der Waals surface area contributed by atoms with Crippen LogP contribution in [0.1, 0.15) is 29.6 Å². The molecule has 114 valence electrons. The molecule has 2 aliphatic rings. The minimum Gasteiger partial charge on any atom is -0.491 e. The predicted molar refractivity (Wildman–Crippen MR) is 79.4 cm³/mol. The number of likely N-dealkylation sites (tertiary alicyclic amines) is 1. The molecule has 2 atom stereocenters. The van der Waals surface area contributed by atoms with Crippen LogP contribution < -0.4 is 10.5 Å². The van der Waals surface area contributed by atoms with E-state index in [0.717, 1.165) is 38.2 Å². The van der Waals surface area contributed by atoms with Crippen LogP contribution in [0.5, 0.6) is 5.75 Å². The van der Waals surface area contributed by atoms with Gasteiger partial charge in [-0.05, 0) is 43.5 Å². The van der Waals surface area contributed by atoms with Crippen molar-refractivity contribution in [2.24, 2.45) is 5.73 Å². The van der Waals surface area contributed by atoms with Crippen LogP contribution in [0.2, 0.25) is 0 Å². The average Bonchev–Trinajstić information content (AvgIpc) is 3.16. The molecular formula is C16H22N2O3. The van der Waals surface area contributed by atoms with Gasteiger partial charge in [-0.3, -0.25) is 4.79 Å². The highest BCUT2D eigenvalue weighted by molar-refractivity contribution is 5.94. The Morgan fingerprint density at radius 2 is 2.14 bits per heavy atom. The Morgan fingerprint density at radius 3 is 2.76 bits per heavy atom. The highest BCUT2D eigenvalue weighted by Gasteiger charge is 2.24. The Bertz CT molecular complexity index is 483. The van der Waals surface area contributed by atoms with Gasteiger partial charge in [0.2, 0.25) is 0 Å². The molecule has 0 unspecified atom stereocenters. The summed E-state index contributed by atoms with van der Waals surface area (Å²) in [7, 11) is 0. The Morgan fingerprint density at radius 1 is 1.33 bits per heavy atom. The minimum absolute atomic E-state index is 0.0497. The first-order chi connectivity index (χ1) is 10.2. The van der Waals surface area contributed by atoms with Crippen LogP contribution in [0.4, 0.5) is 0 Å². The number of ether oxygens (including phenoxy) is 2. The van der Waals surface area contributed by atoms with Gasteiger partial charge in [0.1, 0.15) is 12.4 Å². The molecule has 5 heteroatoms. The lowest BCUT2D eigenvalue weighted by Gasteiger charge is -2.16. The first-order valence-corrected chi connectivity index (χ1v) is 7.62. The second-order valence-electron chi connectivity index (χ2n) is 5.77. The van der Waals surface area contributed by atoms with Gasteiger partial charge < -0.3 is 20.1 Å². The molecule has 3 rings (SSSR count). The van der Waals surface area contributed by atoms with Gasteiger partial charge >= 0.3 is 0 Å². The Balaban J connectivity index is 1.54. The predicted octanol–water partition coefficient (Wildman–Crippen LogP) is 1.42. The van der Waals surface area contributed by atoms with Gasteiger partial charge in [-0.25, -0.2) is 0 Å². The zero-order valence-electron chi connectivity index (χ0n) is 12.2. The number of carbonyl (C=O) groups is 1. The number of hydrogen-bond acceptors (Lipinski definition) is 4. The number of amides is 1. The van der Waals surface area contributed by atoms with Crippen molar-refractivity contribution < 1.29 is 14.3 Å². The minimum atomic E-state index is 0.0497. The monoisotopic (exact) mass is 290 g/mol. The van der Waals surface area contributed by atoms with E-state index in [-0.39, 0.29) is 18.1 Å². The lowest BCUT2D eigenvalue weighted by atomic mass is 10.2. The third-order valence-corrected chi connectivity index (χ3v) is 4.07. The Kier molecular flexibility index (Phi) is 4.41. The van der Waals surface area contributed by atoms with Gasteiger partial charge in [0.15, 0.2) is 0 Å².